The minimum atomic E-state index is -4.41. The number of anilines is 1. The number of hydrogen-bond acceptors (Lipinski definition) is 3. The molecule has 2 aliphatic rings. The van der Waals surface area contributed by atoms with Gasteiger partial charge in [0.2, 0.25) is 0 Å². The van der Waals surface area contributed by atoms with Crippen molar-refractivity contribution in [3.05, 3.63) is 83.0 Å². The SMILES string of the molecule is CCC(CC)(NC(=O)c1cnn2c1NC(c1ccccc1)CC21CCCCC1)c1ccc(C(F)(F)F)cc1. The predicted octanol–water partition coefficient (Wildman–Crippen LogP) is 7.56. The van der Waals surface area contributed by atoms with Crippen molar-refractivity contribution in [2.24, 2.45) is 0 Å². The van der Waals surface area contributed by atoms with Crippen molar-refractivity contribution in [3.63, 3.8) is 0 Å². The number of aromatic nitrogens is 2. The molecule has 2 N–H and O–H groups in total. The summed E-state index contributed by atoms with van der Waals surface area (Å²) in [6.07, 6.45) is 4.73. The van der Waals surface area contributed by atoms with E-state index in [2.05, 4.69) is 22.8 Å². The highest BCUT2D eigenvalue weighted by Gasteiger charge is 2.44. The van der Waals surface area contributed by atoms with E-state index in [1.54, 1.807) is 6.20 Å². The summed E-state index contributed by atoms with van der Waals surface area (Å²) < 4.78 is 41.5. The molecule has 0 saturated heterocycles. The summed E-state index contributed by atoms with van der Waals surface area (Å²) in [4.78, 5) is 13.8. The van der Waals surface area contributed by atoms with Crippen LogP contribution in [0.15, 0.2) is 60.8 Å². The van der Waals surface area contributed by atoms with Crippen LogP contribution in [0.1, 0.15) is 98.3 Å². The zero-order chi connectivity index (χ0) is 27.0. The lowest BCUT2D eigenvalue weighted by Crippen LogP contribution is -2.46. The number of alkyl halides is 3. The van der Waals surface area contributed by atoms with E-state index in [-0.39, 0.29) is 17.5 Å². The van der Waals surface area contributed by atoms with Crippen molar-refractivity contribution in [2.75, 3.05) is 5.32 Å². The number of carbonyl (C=O) groups excluding carboxylic acids is 1. The normalized spacial score (nSPS) is 19.0. The molecule has 2 heterocycles. The average Bonchev–Trinajstić information content (AvgIpc) is 3.38. The van der Waals surface area contributed by atoms with E-state index < -0.39 is 17.3 Å². The summed E-state index contributed by atoms with van der Waals surface area (Å²) >= 11 is 0. The van der Waals surface area contributed by atoms with Gasteiger partial charge in [0.25, 0.3) is 5.91 Å². The van der Waals surface area contributed by atoms with Gasteiger partial charge in [0.1, 0.15) is 11.4 Å². The number of nitrogens with zero attached hydrogens (tertiary/aromatic N) is 2. The molecule has 1 atom stereocenters. The number of amides is 1. The lowest BCUT2D eigenvalue weighted by Gasteiger charge is -2.45. The first-order chi connectivity index (χ1) is 18.2. The first-order valence-electron chi connectivity index (χ1n) is 13.6. The summed E-state index contributed by atoms with van der Waals surface area (Å²) in [6, 6.07) is 15.5. The molecule has 1 saturated carbocycles. The quantitative estimate of drug-likeness (QED) is 0.350. The zero-order valence-corrected chi connectivity index (χ0v) is 21.9. The van der Waals surface area contributed by atoms with Crippen LogP contribution in [0.5, 0.6) is 0 Å². The Balaban J connectivity index is 1.49. The van der Waals surface area contributed by atoms with Crippen LogP contribution in [0.3, 0.4) is 0 Å². The van der Waals surface area contributed by atoms with E-state index in [1.165, 1.54) is 24.1 Å². The van der Waals surface area contributed by atoms with E-state index in [9.17, 15) is 18.0 Å². The number of carbonyl (C=O) groups is 1. The van der Waals surface area contributed by atoms with Gasteiger partial charge in [-0.1, -0.05) is 75.6 Å². The molecule has 202 valence electrons. The first kappa shape index (κ1) is 26.3. The van der Waals surface area contributed by atoms with Gasteiger partial charge >= 0.3 is 6.18 Å². The molecule has 1 aromatic heterocycles. The van der Waals surface area contributed by atoms with Crippen molar-refractivity contribution in [2.45, 2.75) is 88.5 Å². The summed E-state index contributed by atoms with van der Waals surface area (Å²) in [5.74, 6) is 0.444. The number of halogens is 3. The van der Waals surface area contributed by atoms with Gasteiger partial charge in [0.05, 0.1) is 28.9 Å². The van der Waals surface area contributed by atoms with E-state index in [0.29, 0.717) is 24.0 Å². The molecule has 1 aliphatic heterocycles. The zero-order valence-electron chi connectivity index (χ0n) is 21.9. The highest BCUT2D eigenvalue weighted by atomic mass is 19.4. The Labute approximate surface area is 221 Å². The minimum Gasteiger partial charge on any atom is -0.363 e. The molecule has 38 heavy (non-hydrogen) atoms. The van der Waals surface area contributed by atoms with Gasteiger partial charge in [0, 0.05) is 0 Å². The maximum absolute atomic E-state index is 13.8. The maximum atomic E-state index is 13.8. The Bertz CT molecular complexity index is 1260. The Morgan fingerprint density at radius 2 is 1.63 bits per heavy atom. The van der Waals surface area contributed by atoms with Crippen LogP contribution in [0.25, 0.3) is 0 Å². The minimum absolute atomic E-state index is 0.0575. The van der Waals surface area contributed by atoms with Crippen LogP contribution in [0, 0.1) is 0 Å². The average molecular weight is 525 g/mol. The molecule has 0 bridgehead atoms. The third kappa shape index (κ3) is 4.69. The number of nitrogens with one attached hydrogen (secondary N) is 2. The Morgan fingerprint density at radius 1 is 1.00 bits per heavy atom. The molecule has 1 spiro atoms. The highest BCUT2D eigenvalue weighted by Crippen LogP contribution is 2.48. The topological polar surface area (TPSA) is 59.0 Å². The van der Waals surface area contributed by atoms with Crippen molar-refractivity contribution in [1.82, 2.24) is 15.1 Å². The van der Waals surface area contributed by atoms with Crippen molar-refractivity contribution < 1.29 is 18.0 Å². The monoisotopic (exact) mass is 524 g/mol. The van der Waals surface area contributed by atoms with Gasteiger partial charge in [-0.3, -0.25) is 4.79 Å². The van der Waals surface area contributed by atoms with Crippen LogP contribution >= 0.6 is 0 Å². The van der Waals surface area contributed by atoms with Gasteiger partial charge in [-0.2, -0.15) is 18.3 Å². The fraction of sp³-hybridized carbons (Fsp3) is 0.467. The third-order valence-electron chi connectivity index (χ3n) is 8.67. The summed E-state index contributed by atoms with van der Waals surface area (Å²) in [5, 5.41) is 11.5. The Morgan fingerprint density at radius 3 is 2.24 bits per heavy atom. The molecule has 1 unspecified atom stereocenters. The van der Waals surface area contributed by atoms with Crippen LogP contribution in [-0.4, -0.2) is 15.7 Å². The van der Waals surface area contributed by atoms with Crippen molar-refractivity contribution in [1.29, 1.82) is 0 Å². The van der Waals surface area contributed by atoms with Gasteiger partial charge in [-0.05, 0) is 55.4 Å². The summed E-state index contributed by atoms with van der Waals surface area (Å²) in [6.45, 7) is 3.88. The molecule has 3 aromatic rings. The Hall–Kier alpha value is -3.29. The molecule has 0 radical (unpaired) electrons. The molecule has 1 amide bonds. The summed E-state index contributed by atoms with van der Waals surface area (Å²) in [7, 11) is 0. The number of rotatable bonds is 6. The van der Waals surface area contributed by atoms with E-state index >= 15 is 0 Å². The number of hydrogen-bond donors (Lipinski definition) is 2. The lowest BCUT2D eigenvalue weighted by atomic mass is 9.75. The van der Waals surface area contributed by atoms with E-state index in [0.717, 1.165) is 50.1 Å². The van der Waals surface area contributed by atoms with Crippen LogP contribution < -0.4 is 10.6 Å². The largest absolute Gasteiger partial charge is 0.416 e. The van der Waals surface area contributed by atoms with Gasteiger partial charge in [-0.15, -0.1) is 0 Å². The molecule has 2 aromatic carbocycles. The number of benzene rings is 2. The fourth-order valence-corrected chi connectivity index (χ4v) is 6.38. The van der Waals surface area contributed by atoms with Crippen molar-refractivity contribution in [3.8, 4) is 0 Å². The fourth-order valence-electron chi connectivity index (χ4n) is 6.38. The third-order valence-corrected chi connectivity index (χ3v) is 8.67. The number of fused-ring (bicyclic) bond motifs is 2. The van der Waals surface area contributed by atoms with Gasteiger partial charge in [0.15, 0.2) is 0 Å². The molecule has 1 aliphatic carbocycles. The lowest BCUT2D eigenvalue weighted by molar-refractivity contribution is -0.137. The second-order valence-corrected chi connectivity index (χ2v) is 10.7. The molecule has 1 fully saturated rings. The summed E-state index contributed by atoms with van der Waals surface area (Å²) in [5.41, 5.74) is 0.660. The molecular formula is C30H35F3N4O. The van der Waals surface area contributed by atoms with E-state index in [1.807, 2.05) is 36.7 Å². The van der Waals surface area contributed by atoms with Gasteiger partial charge < -0.3 is 10.6 Å². The second kappa shape index (κ2) is 10.1. The van der Waals surface area contributed by atoms with Crippen LogP contribution in [-0.2, 0) is 17.3 Å². The predicted molar refractivity (Wildman–Crippen MR) is 142 cm³/mol. The highest BCUT2D eigenvalue weighted by molar-refractivity contribution is 5.99. The van der Waals surface area contributed by atoms with Crippen LogP contribution in [0.4, 0.5) is 19.0 Å². The van der Waals surface area contributed by atoms with E-state index in [4.69, 9.17) is 5.10 Å². The van der Waals surface area contributed by atoms with Gasteiger partial charge in [-0.25, -0.2) is 4.68 Å². The Kier molecular flexibility index (Phi) is 7.01. The van der Waals surface area contributed by atoms with Crippen LogP contribution in [0.2, 0.25) is 0 Å². The molecular weight excluding hydrogens is 489 g/mol. The first-order valence-corrected chi connectivity index (χ1v) is 13.6. The molecule has 8 heteroatoms. The second-order valence-electron chi connectivity index (χ2n) is 10.7. The maximum Gasteiger partial charge on any atom is 0.416 e. The van der Waals surface area contributed by atoms with Crippen molar-refractivity contribution >= 4 is 11.7 Å². The smallest absolute Gasteiger partial charge is 0.363 e. The molecule has 5 nitrogen and oxygen atoms in total. The molecule has 5 rings (SSSR count). The standard InChI is InChI=1S/C30H35F3N4O/c1-3-29(4-2,22-13-15-23(16-14-22)30(31,32)33)36-27(38)24-20-34-37-26(24)35-25(21-11-7-5-8-12-21)19-28(37)17-9-6-10-18-28/h5,7-8,11-16,20,25,35H,3-4,6,9-10,17-19H2,1-2H3,(H,36,38).